The molecule has 1 heterocycles. The molecule has 0 saturated carbocycles. The average molecular weight is 319 g/mol. The fourth-order valence-corrected chi connectivity index (χ4v) is 3.37. The van der Waals surface area contributed by atoms with Crippen molar-refractivity contribution in [1.82, 2.24) is 4.98 Å². The lowest BCUT2D eigenvalue weighted by Gasteiger charge is -2.22. The third-order valence-electron chi connectivity index (χ3n) is 3.92. The predicted octanol–water partition coefficient (Wildman–Crippen LogP) is 4.62. The Morgan fingerprint density at radius 3 is 2.84 bits per heavy atom. The molecule has 0 unspecified atom stereocenters. The quantitative estimate of drug-likeness (QED) is 0.874. The van der Waals surface area contributed by atoms with E-state index in [9.17, 15) is 0 Å². The van der Waals surface area contributed by atoms with Gasteiger partial charge in [-0.25, -0.2) is 0 Å². The monoisotopic (exact) mass is 318 g/mol. The van der Waals surface area contributed by atoms with Crippen LogP contribution in [-0.2, 0) is 12.8 Å². The van der Waals surface area contributed by atoms with Crippen LogP contribution in [0.15, 0.2) is 16.6 Å². The van der Waals surface area contributed by atoms with Gasteiger partial charge in [0.05, 0.1) is 5.52 Å². The number of anilines is 1. The van der Waals surface area contributed by atoms with Crippen LogP contribution in [0.25, 0.3) is 10.9 Å². The van der Waals surface area contributed by atoms with Gasteiger partial charge in [-0.3, -0.25) is 4.98 Å². The minimum atomic E-state index is 0.955. The second-order valence-corrected chi connectivity index (χ2v) is 6.04. The highest BCUT2D eigenvalue weighted by molar-refractivity contribution is 9.10. The number of nitrogens with zero attached hydrogens (tertiary/aromatic N) is 1. The van der Waals surface area contributed by atoms with Crippen molar-refractivity contribution in [2.24, 2.45) is 0 Å². The van der Waals surface area contributed by atoms with Gasteiger partial charge in [-0.2, -0.15) is 0 Å². The molecule has 0 radical (unpaired) electrons. The zero-order chi connectivity index (χ0) is 13.4. The van der Waals surface area contributed by atoms with Gasteiger partial charge in [0.25, 0.3) is 0 Å². The first-order valence-electron chi connectivity index (χ1n) is 7.06. The zero-order valence-electron chi connectivity index (χ0n) is 11.5. The lowest BCUT2D eigenvalue weighted by molar-refractivity contribution is 0.672. The number of hydrogen-bond acceptors (Lipinski definition) is 2. The maximum atomic E-state index is 4.93. The molecule has 1 aliphatic rings. The Balaban J connectivity index is 2.35. The van der Waals surface area contributed by atoms with Crippen molar-refractivity contribution in [3.8, 4) is 0 Å². The topological polar surface area (TPSA) is 24.9 Å². The summed E-state index contributed by atoms with van der Waals surface area (Å²) in [5, 5.41) is 4.81. The van der Waals surface area contributed by atoms with E-state index < -0.39 is 0 Å². The van der Waals surface area contributed by atoms with Crippen molar-refractivity contribution >= 4 is 32.5 Å². The summed E-state index contributed by atoms with van der Waals surface area (Å²) in [6.07, 6.45) is 4.82. The first kappa shape index (κ1) is 12.9. The Hall–Kier alpha value is -1.09. The highest BCUT2D eigenvalue weighted by atomic mass is 79.9. The molecule has 0 atom stereocenters. The van der Waals surface area contributed by atoms with E-state index in [-0.39, 0.29) is 0 Å². The first-order chi connectivity index (χ1) is 9.22. The largest absolute Gasteiger partial charge is 0.384 e. The number of pyridine rings is 1. The number of aromatic nitrogens is 1. The molecule has 0 saturated heterocycles. The van der Waals surface area contributed by atoms with Crippen LogP contribution in [0.5, 0.6) is 0 Å². The molecule has 0 fully saturated rings. The van der Waals surface area contributed by atoms with Gasteiger partial charge in [0.1, 0.15) is 0 Å². The number of benzene rings is 1. The van der Waals surface area contributed by atoms with Gasteiger partial charge >= 0.3 is 0 Å². The first-order valence-corrected chi connectivity index (χ1v) is 7.86. The Kier molecular flexibility index (Phi) is 3.48. The minimum absolute atomic E-state index is 0.955. The highest BCUT2D eigenvalue weighted by Crippen LogP contribution is 2.36. The van der Waals surface area contributed by atoms with Crippen LogP contribution < -0.4 is 5.32 Å². The summed E-state index contributed by atoms with van der Waals surface area (Å²) >= 11 is 3.70. The summed E-state index contributed by atoms with van der Waals surface area (Å²) in [5.41, 5.74) is 6.40. The predicted molar refractivity (Wildman–Crippen MR) is 85.0 cm³/mol. The van der Waals surface area contributed by atoms with Gasteiger partial charge in [0, 0.05) is 27.8 Å². The molecule has 1 aliphatic carbocycles. The van der Waals surface area contributed by atoms with Crippen molar-refractivity contribution in [2.75, 3.05) is 11.9 Å². The molecule has 0 spiro atoms. The lowest BCUT2D eigenvalue weighted by atomic mass is 9.92. The number of halogens is 1. The van der Waals surface area contributed by atoms with E-state index in [4.69, 9.17) is 4.98 Å². The van der Waals surface area contributed by atoms with E-state index in [1.807, 2.05) is 0 Å². The van der Waals surface area contributed by atoms with Gasteiger partial charge in [-0.1, -0.05) is 12.1 Å². The molecule has 1 aromatic heterocycles. The van der Waals surface area contributed by atoms with Crippen molar-refractivity contribution < 1.29 is 0 Å². The van der Waals surface area contributed by atoms with Crippen LogP contribution in [0, 0.1) is 6.92 Å². The summed E-state index contributed by atoms with van der Waals surface area (Å²) in [7, 11) is 0. The smallest absolute Gasteiger partial charge is 0.0870 e. The number of aryl methyl sites for hydroxylation is 2. The van der Waals surface area contributed by atoms with Crippen LogP contribution in [0.4, 0.5) is 5.69 Å². The Morgan fingerprint density at radius 1 is 1.26 bits per heavy atom. The third kappa shape index (κ3) is 2.14. The Morgan fingerprint density at radius 2 is 2.05 bits per heavy atom. The van der Waals surface area contributed by atoms with Gasteiger partial charge in [-0.15, -0.1) is 0 Å². The summed E-state index contributed by atoms with van der Waals surface area (Å²) in [4.78, 5) is 4.93. The van der Waals surface area contributed by atoms with Crippen LogP contribution in [0.1, 0.15) is 36.6 Å². The van der Waals surface area contributed by atoms with Crippen molar-refractivity contribution in [3.05, 3.63) is 33.4 Å². The number of fused-ring (bicyclic) bond motifs is 2. The summed E-state index contributed by atoms with van der Waals surface area (Å²) in [6.45, 7) is 5.24. The van der Waals surface area contributed by atoms with Crippen LogP contribution in [0.2, 0.25) is 0 Å². The molecule has 1 aromatic carbocycles. The molecule has 0 bridgehead atoms. The van der Waals surface area contributed by atoms with E-state index in [0.717, 1.165) is 29.4 Å². The van der Waals surface area contributed by atoms with Crippen molar-refractivity contribution in [2.45, 2.75) is 39.5 Å². The summed E-state index contributed by atoms with van der Waals surface area (Å²) in [5.74, 6) is 0. The standard InChI is InChI=1S/C16H19BrN2/c1-3-18-15-11-6-4-5-7-13(11)19-16-12(15)9-8-10(2)14(16)17/h8-9H,3-7H2,1-2H3,(H,18,19). The van der Waals surface area contributed by atoms with E-state index in [1.165, 1.54) is 40.7 Å². The van der Waals surface area contributed by atoms with Crippen molar-refractivity contribution in [3.63, 3.8) is 0 Å². The molecule has 19 heavy (non-hydrogen) atoms. The summed E-state index contributed by atoms with van der Waals surface area (Å²) in [6, 6.07) is 4.37. The van der Waals surface area contributed by atoms with Crippen molar-refractivity contribution in [1.29, 1.82) is 0 Å². The third-order valence-corrected chi connectivity index (χ3v) is 4.92. The average Bonchev–Trinajstić information content (AvgIpc) is 2.43. The Bertz CT molecular complexity index is 634. The Labute approximate surface area is 122 Å². The van der Waals surface area contributed by atoms with Crippen LogP contribution in [-0.4, -0.2) is 11.5 Å². The SMILES string of the molecule is CCNc1c2c(nc3c(Br)c(C)ccc13)CCCC2. The second-order valence-electron chi connectivity index (χ2n) is 5.24. The molecule has 3 heteroatoms. The molecular weight excluding hydrogens is 300 g/mol. The maximum absolute atomic E-state index is 4.93. The van der Waals surface area contributed by atoms with Gasteiger partial charge in [-0.05, 0) is 66.6 Å². The van der Waals surface area contributed by atoms with Gasteiger partial charge in [0.2, 0.25) is 0 Å². The van der Waals surface area contributed by atoms with Crippen LogP contribution >= 0.6 is 15.9 Å². The lowest BCUT2D eigenvalue weighted by Crippen LogP contribution is -2.11. The van der Waals surface area contributed by atoms with E-state index >= 15 is 0 Å². The number of nitrogens with one attached hydrogen (secondary N) is 1. The fourth-order valence-electron chi connectivity index (χ4n) is 2.93. The molecule has 0 aliphatic heterocycles. The molecule has 0 amide bonds. The second kappa shape index (κ2) is 5.12. The van der Waals surface area contributed by atoms with Crippen LogP contribution in [0.3, 0.4) is 0 Å². The fraction of sp³-hybridized carbons (Fsp3) is 0.438. The molecule has 1 N–H and O–H groups in total. The highest BCUT2D eigenvalue weighted by Gasteiger charge is 2.19. The van der Waals surface area contributed by atoms with Gasteiger partial charge in [0.15, 0.2) is 0 Å². The molecule has 2 aromatic rings. The maximum Gasteiger partial charge on any atom is 0.0870 e. The number of hydrogen-bond donors (Lipinski definition) is 1. The summed E-state index contributed by atoms with van der Waals surface area (Å²) < 4.78 is 1.14. The molecule has 100 valence electrons. The van der Waals surface area contributed by atoms with E-state index in [0.29, 0.717) is 0 Å². The number of rotatable bonds is 2. The zero-order valence-corrected chi connectivity index (χ0v) is 13.1. The molecular formula is C16H19BrN2. The molecule has 3 rings (SSSR count). The van der Waals surface area contributed by atoms with E-state index in [2.05, 4.69) is 47.2 Å². The minimum Gasteiger partial charge on any atom is -0.384 e. The van der Waals surface area contributed by atoms with E-state index in [1.54, 1.807) is 0 Å². The van der Waals surface area contributed by atoms with Gasteiger partial charge < -0.3 is 5.32 Å². The molecule has 2 nitrogen and oxygen atoms in total. The normalized spacial score (nSPS) is 14.5.